The third kappa shape index (κ3) is 2.86. The molecule has 0 aromatic heterocycles. The van der Waals surface area contributed by atoms with Crippen LogP contribution in [0.5, 0.6) is 0 Å². The third-order valence-corrected chi connectivity index (χ3v) is 5.50. The van der Waals surface area contributed by atoms with Crippen molar-refractivity contribution >= 4 is 16.1 Å². The van der Waals surface area contributed by atoms with Crippen molar-refractivity contribution in [1.29, 1.82) is 0 Å². The van der Waals surface area contributed by atoms with E-state index in [0.29, 0.717) is 26.3 Å². The van der Waals surface area contributed by atoms with Gasteiger partial charge in [-0.05, 0) is 13.3 Å². The fourth-order valence-electron chi connectivity index (χ4n) is 2.55. The molecule has 0 aliphatic carbocycles. The molecule has 0 bridgehead atoms. The van der Waals surface area contributed by atoms with E-state index in [4.69, 9.17) is 4.74 Å². The first kappa shape index (κ1) is 13.0. The standard InChI is InChI=1S/C11H19NO4S/c1-10-6-17(14,15)5-3-12(10)7-11(8-13)2-4-16-9-11/h8,10H,2-7,9H2,1H3. The van der Waals surface area contributed by atoms with E-state index in [2.05, 4.69) is 4.90 Å². The van der Waals surface area contributed by atoms with Crippen LogP contribution in [0.2, 0.25) is 0 Å². The molecular weight excluding hydrogens is 242 g/mol. The van der Waals surface area contributed by atoms with E-state index < -0.39 is 15.3 Å². The first-order valence-corrected chi connectivity index (χ1v) is 7.77. The smallest absolute Gasteiger partial charge is 0.153 e. The number of sulfone groups is 1. The minimum absolute atomic E-state index is 0.00817. The van der Waals surface area contributed by atoms with E-state index in [1.54, 1.807) is 0 Å². The van der Waals surface area contributed by atoms with E-state index >= 15 is 0 Å². The molecule has 2 fully saturated rings. The summed E-state index contributed by atoms with van der Waals surface area (Å²) in [7, 11) is -2.89. The molecular formula is C11H19NO4S. The molecule has 2 heterocycles. The lowest BCUT2D eigenvalue weighted by Gasteiger charge is -2.37. The molecule has 0 aromatic carbocycles. The van der Waals surface area contributed by atoms with Gasteiger partial charge in [0.1, 0.15) is 6.29 Å². The summed E-state index contributed by atoms with van der Waals surface area (Å²) < 4.78 is 28.2. The van der Waals surface area contributed by atoms with Crippen LogP contribution < -0.4 is 0 Å². The average Bonchev–Trinajstić information content (AvgIpc) is 2.71. The molecule has 0 amide bonds. The maximum absolute atomic E-state index is 11.5. The van der Waals surface area contributed by atoms with E-state index in [1.807, 2.05) is 6.92 Å². The van der Waals surface area contributed by atoms with Crippen molar-refractivity contribution in [2.75, 3.05) is 37.8 Å². The summed E-state index contributed by atoms with van der Waals surface area (Å²) in [5.74, 6) is 0.399. The van der Waals surface area contributed by atoms with Gasteiger partial charge in [0.2, 0.25) is 0 Å². The number of carbonyl (C=O) groups excluding carboxylic acids is 1. The highest BCUT2D eigenvalue weighted by molar-refractivity contribution is 7.91. The zero-order chi connectivity index (χ0) is 12.5. The summed E-state index contributed by atoms with van der Waals surface area (Å²) in [4.78, 5) is 13.3. The van der Waals surface area contributed by atoms with Crippen LogP contribution in [0, 0.1) is 5.41 Å². The van der Waals surface area contributed by atoms with Gasteiger partial charge in [-0.2, -0.15) is 0 Å². The molecule has 5 nitrogen and oxygen atoms in total. The van der Waals surface area contributed by atoms with Gasteiger partial charge >= 0.3 is 0 Å². The molecule has 2 unspecified atom stereocenters. The Morgan fingerprint density at radius 1 is 1.53 bits per heavy atom. The Morgan fingerprint density at radius 2 is 2.29 bits per heavy atom. The second-order valence-electron chi connectivity index (χ2n) is 5.22. The van der Waals surface area contributed by atoms with Crippen molar-refractivity contribution in [3.63, 3.8) is 0 Å². The molecule has 0 radical (unpaired) electrons. The summed E-state index contributed by atoms with van der Waals surface area (Å²) in [6.45, 7) is 4.14. The molecule has 0 aromatic rings. The number of rotatable bonds is 3. The molecule has 2 atom stereocenters. The molecule has 98 valence electrons. The SMILES string of the molecule is CC1CS(=O)(=O)CCN1CC1(C=O)CCOC1. The molecule has 2 saturated heterocycles. The Bertz CT molecular complexity index is 386. The van der Waals surface area contributed by atoms with Gasteiger partial charge in [-0.1, -0.05) is 0 Å². The van der Waals surface area contributed by atoms with Crippen LogP contribution in [0.15, 0.2) is 0 Å². The summed E-state index contributed by atoms with van der Waals surface area (Å²) in [6, 6.07) is -0.00817. The Labute approximate surface area is 102 Å². The summed E-state index contributed by atoms with van der Waals surface area (Å²) in [5, 5.41) is 0. The zero-order valence-corrected chi connectivity index (χ0v) is 10.9. The second-order valence-corrected chi connectivity index (χ2v) is 7.45. The first-order chi connectivity index (χ1) is 7.96. The summed E-state index contributed by atoms with van der Waals surface area (Å²) in [5.41, 5.74) is -0.421. The van der Waals surface area contributed by atoms with Crippen molar-refractivity contribution in [1.82, 2.24) is 4.90 Å². The largest absolute Gasteiger partial charge is 0.380 e. The number of aldehydes is 1. The highest BCUT2D eigenvalue weighted by Gasteiger charge is 2.39. The van der Waals surface area contributed by atoms with Gasteiger partial charge in [0.05, 0.1) is 23.5 Å². The normalized spacial score (nSPS) is 38.1. The van der Waals surface area contributed by atoms with Crippen LogP contribution in [-0.4, -0.2) is 63.5 Å². The molecule has 2 aliphatic rings. The number of carbonyl (C=O) groups is 1. The lowest BCUT2D eigenvalue weighted by molar-refractivity contribution is -0.117. The molecule has 2 rings (SSSR count). The predicted octanol–water partition coefficient (Wildman–Crippen LogP) is -0.289. The maximum atomic E-state index is 11.5. The quantitative estimate of drug-likeness (QED) is 0.653. The van der Waals surface area contributed by atoms with Gasteiger partial charge in [0.15, 0.2) is 9.84 Å². The van der Waals surface area contributed by atoms with Crippen molar-refractivity contribution in [2.24, 2.45) is 5.41 Å². The Kier molecular flexibility index (Phi) is 3.56. The van der Waals surface area contributed by atoms with Crippen LogP contribution >= 0.6 is 0 Å². The Morgan fingerprint density at radius 3 is 2.82 bits per heavy atom. The Balaban J connectivity index is 2.02. The fourth-order valence-corrected chi connectivity index (χ4v) is 4.18. The maximum Gasteiger partial charge on any atom is 0.153 e. The van der Waals surface area contributed by atoms with E-state index in [9.17, 15) is 13.2 Å². The Hall–Kier alpha value is -0.460. The van der Waals surface area contributed by atoms with Crippen molar-refractivity contribution < 1.29 is 17.9 Å². The van der Waals surface area contributed by atoms with Crippen LogP contribution in [0.1, 0.15) is 13.3 Å². The highest BCUT2D eigenvalue weighted by Crippen LogP contribution is 2.29. The topological polar surface area (TPSA) is 63.7 Å². The van der Waals surface area contributed by atoms with Crippen molar-refractivity contribution in [2.45, 2.75) is 19.4 Å². The molecule has 0 spiro atoms. The number of nitrogens with zero attached hydrogens (tertiary/aromatic N) is 1. The average molecular weight is 261 g/mol. The van der Waals surface area contributed by atoms with E-state index in [1.165, 1.54) is 0 Å². The van der Waals surface area contributed by atoms with E-state index in [0.717, 1.165) is 12.7 Å². The van der Waals surface area contributed by atoms with Crippen LogP contribution in [0.3, 0.4) is 0 Å². The minimum atomic E-state index is -2.89. The van der Waals surface area contributed by atoms with Gasteiger partial charge in [-0.25, -0.2) is 8.42 Å². The summed E-state index contributed by atoms with van der Waals surface area (Å²) >= 11 is 0. The van der Waals surface area contributed by atoms with Gasteiger partial charge in [-0.3, -0.25) is 4.90 Å². The second kappa shape index (κ2) is 4.66. The molecule has 6 heteroatoms. The zero-order valence-electron chi connectivity index (χ0n) is 10.1. The predicted molar refractivity (Wildman–Crippen MR) is 63.6 cm³/mol. The first-order valence-electron chi connectivity index (χ1n) is 5.95. The van der Waals surface area contributed by atoms with Gasteiger partial charge in [0.25, 0.3) is 0 Å². The lowest BCUT2D eigenvalue weighted by Crippen LogP contribution is -2.51. The summed E-state index contributed by atoms with van der Waals surface area (Å²) in [6.07, 6.45) is 1.72. The lowest BCUT2D eigenvalue weighted by atomic mass is 9.88. The molecule has 2 aliphatic heterocycles. The monoisotopic (exact) mass is 261 g/mol. The van der Waals surface area contributed by atoms with Crippen LogP contribution in [-0.2, 0) is 19.4 Å². The van der Waals surface area contributed by atoms with E-state index in [-0.39, 0.29) is 17.5 Å². The third-order valence-electron chi connectivity index (χ3n) is 3.71. The molecule has 17 heavy (non-hydrogen) atoms. The minimum Gasteiger partial charge on any atom is -0.380 e. The highest BCUT2D eigenvalue weighted by atomic mass is 32.2. The van der Waals surface area contributed by atoms with Gasteiger partial charge < -0.3 is 9.53 Å². The van der Waals surface area contributed by atoms with Crippen molar-refractivity contribution in [3.05, 3.63) is 0 Å². The fraction of sp³-hybridized carbons (Fsp3) is 0.909. The van der Waals surface area contributed by atoms with Crippen molar-refractivity contribution in [3.8, 4) is 0 Å². The molecule has 0 N–H and O–H groups in total. The van der Waals surface area contributed by atoms with Gasteiger partial charge in [-0.15, -0.1) is 0 Å². The number of hydrogen-bond acceptors (Lipinski definition) is 5. The molecule has 0 saturated carbocycles. The number of hydrogen-bond donors (Lipinski definition) is 0. The van der Waals surface area contributed by atoms with Crippen LogP contribution in [0.25, 0.3) is 0 Å². The number of ether oxygens (including phenoxy) is 1. The van der Waals surface area contributed by atoms with Crippen LogP contribution in [0.4, 0.5) is 0 Å². The van der Waals surface area contributed by atoms with Gasteiger partial charge in [0, 0.05) is 25.7 Å².